The van der Waals surface area contributed by atoms with E-state index in [-0.39, 0.29) is 12.7 Å². The van der Waals surface area contributed by atoms with Gasteiger partial charge in [-0.05, 0) is 24.6 Å². The Morgan fingerprint density at radius 2 is 2.17 bits per heavy atom. The van der Waals surface area contributed by atoms with Crippen LogP contribution in [0.15, 0.2) is 30.5 Å². The SMILES string of the molecule is CCCCNC(=O)c1c(C#N)ccn1-c1ccc2c(c1)OCO2. The molecule has 0 bridgehead atoms. The number of unbranched alkanes of at least 4 members (excludes halogenated alkanes) is 1. The van der Waals surface area contributed by atoms with Gasteiger partial charge in [-0.2, -0.15) is 5.26 Å². The summed E-state index contributed by atoms with van der Waals surface area (Å²) >= 11 is 0. The Morgan fingerprint density at radius 1 is 1.35 bits per heavy atom. The summed E-state index contributed by atoms with van der Waals surface area (Å²) in [6, 6.07) is 9.13. The molecule has 0 atom stereocenters. The Balaban J connectivity index is 1.95. The molecule has 0 fully saturated rings. The number of nitrogens with one attached hydrogen (secondary N) is 1. The van der Waals surface area contributed by atoms with Gasteiger partial charge in [-0.1, -0.05) is 13.3 Å². The summed E-state index contributed by atoms with van der Waals surface area (Å²) < 4.78 is 12.4. The minimum absolute atomic E-state index is 0.193. The summed E-state index contributed by atoms with van der Waals surface area (Å²) in [5.74, 6) is 1.06. The molecule has 1 aliphatic rings. The van der Waals surface area contributed by atoms with Crippen molar-refractivity contribution in [2.75, 3.05) is 13.3 Å². The molecule has 23 heavy (non-hydrogen) atoms. The molecule has 0 aliphatic carbocycles. The number of carbonyl (C=O) groups excluding carboxylic acids is 1. The highest BCUT2D eigenvalue weighted by Crippen LogP contribution is 2.34. The Morgan fingerprint density at radius 3 is 2.96 bits per heavy atom. The number of benzene rings is 1. The van der Waals surface area contributed by atoms with Crippen LogP contribution >= 0.6 is 0 Å². The molecule has 1 aromatic carbocycles. The third-order valence-electron chi connectivity index (χ3n) is 3.67. The zero-order valence-electron chi connectivity index (χ0n) is 12.8. The largest absolute Gasteiger partial charge is 0.454 e. The van der Waals surface area contributed by atoms with Gasteiger partial charge in [-0.25, -0.2) is 0 Å². The number of nitriles is 1. The summed E-state index contributed by atoms with van der Waals surface area (Å²) in [4.78, 5) is 12.4. The minimum Gasteiger partial charge on any atom is -0.454 e. The van der Waals surface area contributed by atoms with E-state index < -0.39 is 0 Å². The van der Waals surface area contributed by atoms with Gasteiger partial charge in [-0.3, -0.25) is 4.79 Å². The number of rotatable bonds is 5. The lowest BCUT2D eigenvalue weighted by molar-refractivity contribution is 0.0946. The third-order valence-corrected chi connectivity index (χ3v) is 3.67. The molecule has 0 radical (unpaired) electrons. The van der Waals surface area contributed by atoms with Crippen LogP contribution in [0.4, 0.5) is 0 Å². The van der Waals surface area contributed by atoms with Crippen molar-refractivity contribution in [1.29, 1.82) is 5.26 Å². The van der Waals surface area contributed by atoms with Crippen LogP contribution in [0.2, 0.25) is 0 Å². The number of carbonyl (C=O) groups is 1. The molecule has 0 spiro atoms. The Kier molecular flexibility index (Phi) is 4.20. The number of hydrogen-bond donors (Lipinski definition) is 1. The van der Waals surface area contributed by atoms with Crippen molar-refractivity contribution in [1.82, 2.24) is 9.88 Å². The smallest absolute Gasteiger partial charge is 0.269 e. The van der Waals surface area contributed by atoms with Crippen molar-refractivity contribution in [3.05, 3.63) is 41.7 Å². The molecule has 0 saturated heterocycles. The second kappa shape index (κ2) is 6.44. The van der Waals surface area contributed by atoms with E-state index in [0.29, 0.717) is 29.3 Å². The predicted molar refractivity (Wildman–Crippen MR) is 83.8 cm³/mol. The average Bonchev–Trinajstić information content (AvgIpc) is 3.20. The van der Waals surface area contributed by atoms with Crippen LogP contribution in [0.5, 0.6) is 11.5 Å². The van der Waals surface area contributed by atoms with Gasteiger partial charge in [0.25, 0.3) is 5.91 Å². The molecule has 2 heterocycles. The maximum absolute atomic E-state index is 12.4. The van der Waals surface area contributed by atoms with Gasteiger partial charge in [0, 0.05) is 24.5 Å². The van der Waals surface area contributed by atoms with Crippen LogP contribution in [-0.2, 0) is 0 Å². The van der Waals surface area contributed by atoms with Crippen molar-refractivity contribution in [2.45, 2.75) is 19.8 Å². The monoisotopic (exact) mass is 311 g/mol. The maximum Gasteiger partial charge on any atom is 0.269 e. The van der Waals surface area contributed by atoms with E-state index in [9.17, 15) is 10.1 Å². The molecule has 2 aromatic rings. The van der Waals surface area contributed by atoms with Gasteiger partial charge in [0.15, 0.2) is 11.5 Å². The molecule has 3 rings (SSSR count). The van der Waals surface area contributed by atoms with Crippen LogP contribution in [0.3, 0.4) is 0 Å². The summed E-state index contributed by atoms with van der Waals surface area (Å²) in [6.07, 6.45) is 3.61. The van der Waals surface area contributed by atoms with Gasteiger partial charge in [-0.15, -0.1) is 0 Å². The highest BCUT2D eigenvalue weighted by Gasteiger charge is 2.20. The van der Waals surface area contributed by atoms with Crippen LogP contribution in [-0.4, -0.2) is 23.8 Å². The van der Waals surface area contributed by atoms with Gasteiger partial charge < -0.3 is 19.4 Å². The van der Waals surface area contributed by atoms with Crippen molar-refractivity contribution < 1.29 is 14.3 Å². The molecule has 1 aromatic heterocycles. The normalized spacial score (nSPS) is 12.0. The number of aromatic nitrogens is 1. The lowest BCUT2D eigenvalue weighted by Gasteiger charge is -2.11. The van der Waals surface area contributed by atoms with E-state index in [4.69, 9.17) is 9.47 Å². The summed E-state index contributed by atoms with van der Waals surface area (Å²) in [6.45, 7) is 2.84. The van der Waals surface area contributed by atoms with Crippen LogP contribution in [0.25, 0.3) is 5.69 Å². The third kappa shape index (κ3) is 2.86. The number of nitrogens with zero attached hydrogens (tertiary/aromatic N) is 2. The lowest BCUT2D eigenvalue weighted by Crippen LogP contribution is -2.27. The van der Waals surface area contributed by atoms with Gasteiger partial charge >= 0.3 is 0 Å². The van der Waals surface area contributed by atoms with Gasteiger partial charge in [0.2, 0.25) is 6.79 Å². The van der Waals surface area contributed by atoms with Crippen LogP contribution in [0.1, 0.15) is 35.8 Å². The fraction of sp³-hybridized carbons (Fsp3) is 0.294. The Labute approximate surface area is 134 Å². The highest BCUT2D eigenvalue weighted by atomic mass is 16.7. The zero-order chi connectivity index (χ0) is 16.2. The average molecular weight is 311 g/mol. The van der Waals surface area contributed by atoms with Gasteiger partial charge in [0.1, 0.15) is 11.8 Å². The van der Waals surface area contributed by atoms with Crippen LogP contribution in [0, 0.1) is 11.3 Å². The molecule has 1 N–H and O–H groups in total. The zero-order valence-corrected chi connectivity index (χ0v) is 12.8. The second-order valence-corrected chi connectivity index (χ2v) is 5.21. The Hall–Kier alpha value is -2.94. The van der Waals surface area contributed by atoms with E-state index in [1.54, 1.807) is 29.0 Å². The van der Waals surface area contributed by atoms with E-state index in [2.05, 4.69) is 18.3 Å². The predicted octanol–water partition coefficient (Wildman–Crippen LogP) is 2.61. The molecule has 6 heteroatoms. The van der Waals surface area contributed by atoms with Crippen molar-refractivity contribution in [3.63, 3.8) is 0 Å². The van der Waals surface area contributed by atoms with Crippen molar-refractivity contribution in [3.8, 4) is 23.3 Å². The summed E-state index contributed by atoms with van der Waals surface area (Å²) in [7, 11) is 0. The van der Waals surface area contributed by atoms with E-state index >= 15 is 0 Å². The van der Waals surface area contributed by atoms with Crippen molar-refractivity contribution >= 4 is 5.91 Å². The second-order valence-electron chi connectivity index (χ2n) is 5.21. The quantitative estimate of drug-likeness (QED) is 0.861. The highest BCUT2D eigenvalue weighted by molar-refractivity contribution is 5.95. The molecule has 1 aliphatic heterocycles. The maximum atomic E-state index is 12.4. The summed E-state index contributed by atoms with van der Waals surface area (Å²) in [5.41, 5.74) is 1.43. The number of fused-ring (bicyclic) bond motifs is 1. The first-order valence-corrected chi connectivity index (χ1v) is 7.54. The first-order chi connectivity index (χ1) is 11.2. The van der Waals surface area contributed by atoms with E-state index in [0.717, 1.165) is 18.5 Å². The number of ether oxygens (including phenoxy) is 2. The first-order valence-electron chi connectivity index (χ1n) is 7.54. The molecule has 0 saturated carbocycles. The van der Waals surface area contributed by atoms with Crippen molar-refractivity contribution in [2.24, 2.45) is 0 Å². The lowest BCUT2D eigenvalue weighted by atomic mass is 10.2. The Bertz CT molecular complexity index is 774. The molecule has 6 nitrogen and oxygen atoms in total. The molecule has 1 amide bonds. The fourth-order valence-electron chi connectivity index (χ4n) is 2.47. The molecule has 118 valence electrons. The number of amides is 1. The van der Waals surface area contributed by atoms with Gasteiger partial charge in [0.05, 0.1) is 5.56 Å². The van der Waals surface area contributed by atoms with E-state index in [1.807, 2.05) is 6.07 Å². The topological polar surface area (TPSA) is 76.3 Å². The van der Waals surface area contributed by atoms with Crippen LogP contribution < -0.4 is 14.8 Å². The molecular weight excluding hydrogens is 294 g/mol. The fourth-order valence-corrected chi connectivity index (χ4v) is 2.47. The molecular formula is C17H17N3O3. The minimum atomic E-state index is -0.252. The molecule has 0 unspecified atom stereocenters. The standard InChI is InChI=1S/C17H17N3O3/c1-2-3-7-19-17(21)16-12(10-18)6-8-20(16)13-4-5-14-15(9-13)23-11-22-14/h4-6,8-9H,2-3,7,11H2,1H3,(H,19,21). The van der Waals surface area contributed by atoms with E-state index in [1.165, 1.54) is 0 Å². The first kappa shape index (κ1) is 15.0. The number of hydrogen-bond acceptors (Lipinski definition) is 4. The summed E-state index contributed by atoms with van der Waals surface area (Å²) in [5, 5.41) is 12.1.